The molecule has 0 spiro atoms. The second-order valence-electron chi connectivity index (χ2n) is 7.84. The number of ether oxygens (including phenoxy) is 2. The Morgan fingerprint density at radius 2 is 1.78 bits per heavy atom. The van der Waals surface area contributed by atoms with Gasteiger partial charge in [0.15, 0.2) is 5.13 Å². The Balaban J connectivity index is 1.26. The fraction of sp³-hybridized carbons (Fsp3) is 0.417. The summed E-state index contributed by atoms with van der Waals surface area (Å²) in [6, 6.07) is 11.7. The van der Waals surface area contributed by atoms with Gasteiger partial charge in [-0.15, -0.1) is 0 Å². The van der Waals surface area contributed by atoms with E-state index in [1.165, 1.54) is 10.3 Å². The van der Waals surface area contributed by atoms with Crippen molar-refractivity contribution in [2.24, 2.45) is 0 Å². The first-order valence-electron chi connectivity index (χ1n) is 11.0. The zero-order valence-corrected chi connectivity index (χ0v) is 19.7. The number of carbonyl (C=O) groups is 1. The van der Waals surface area contributed by atoms with Gasteiger partial charge in [0.2, 0.25) is 0 Å². The molecule has 170 valence electrons. The molecule has 7 nitrogen and oxygen atoms in total. The number of aromatic nitrogens is 1. The lowest BCUT2D eigenvalue weighted by Gasteiger charge is -2.34. The van der Waals surface area contributed by atoms with Gasteiger partial charge in [-0.1, -0.05) is 24.3 Å². The van der Waals surface area contributed by atoms with Crippen LogP contribution in [-0.2, 0) is 6.42 Å². The molecule has 2 aromatic carbocycles. The van der Waals surface area contributed by atoms with E-state index in [-0.39, 0.29) is 5.91 Å². The standard InChI is InChI=1S/C24H30N4O3S/c1-4-17-5-6-21-22(13-17)32-24(26-21)28-11-9-27(10-12-28)8-7-25-23(29)18-14-19(30-2)16-20(15-18)31-3/h5-6,13-16H,4,7-12H2,1-3H3,(H,25,29). The van der Waals surface area contributed by atoms with Crippen LogP contribution in [0.2, 0.25) is 0 Å². The van der Waals surface area contributed by atoms with Crippen LogP contribution < -0.4 is 19.7 Å². The number of nitrogens with one attached hydrogen (secondary N) is 1. The Morgan fingerprint density at radius 1 is 1.06 bits per heavy atom. The lowest BCUT2D eigenvalue weighted by molar-refractivity contribution is 0.0947. The lowest BCUT2D eigenvalue weighted by Crippen LogP contribution is -2.48. The van der Waals surface area contributed by atoms with Crippen molar-refractivity contribution in [3.05, 3.63) is 47.5 Å². The number of methoxy groups -OCH3 is 2. The highest BCUT2D eigenvalue weighted by molar-refractivity contribution is 7.22. The molecule has 0 bridgehead atoms. The van der Waals surface area contributed by atoms with Crippen LogP contribution in [0.25, 0.3) is 10.2 Å². The topological polar surface area (TPSA) is 66.9 Å². The second-order valence-corrected chi connectivity index (χ2v) is 8.85. The number of rotatable bonds is 8. The first kappa shape index (κ1) is 22.4. The summed E-state index contributed by atoms with van der Waals surface area (Å²) in [4.78, 5) is 22.1. The highest BCUT2D eigenvalue weighted by atomic mass is 32.1. The number of hydrogen-bond donors (Lipinski definition) is 1. The summed E-state index contributed by atoms with van der Waals surface area (Å²) in [6.07, 6.45) is 1.05. The minimum atomic E-state index is -0.123. The number of fused-ring (bicyclic) bond motifs is 1. The van der Waals surface area contributed by atoms with Gasteiger partial charge in [-0.25, -0.2) is 4.98 Å². The normalized spacial score (nSPS) is 14.5. The molecule has 32 heavy (non-hydrogen) atoms. The third-order valence-electron chi connectivity index (χ3n) is 5.82. The van der Waals surface area contributed by atoms with Gasteiger partial charge in [0.1, 0.15) is 11.5 Å². The lowest BCUT2D eigenvalue weighted by atomic mass is 10.2. The Labute approximate surface area is 192 Å². The SMILES string of the molecule is CCc1ccc2nc(N3CCN(CCNC(=O)c4cc(OC)cc(OC)c4)CC3)sc2c1. The van der Waals surface area contributed by atoms with E-state index in [1.807, 2.05) is 0 Å². The van der Waals surface area contributed by atoms with Crippen molar-refractivity contribution in [1.82, 2.24) is 15.2 Å². The van der Waals surface area contributed by atoms with Crippen molar-refractivity contribution < 1.29 is 14.3 Å². The van der Waals surface area contributed by atoms with E-state index in [4.69, 9.17) is 14.5 Å². The molecule has 1 aromatic heterocycles. The van der Waals surface area contributed by atoms with Crippen LogP contribution in [0.15, 0.2) is 36.4 Å². The van der Waals surface area contributed by atoms with Crippen molar-refractivity contribution in [2.45, 2.75) is 13.3 Å². The molecule has 0 saturated carbocycles. The van der Waals surface area contributed by atoms with Crippen LogP contribution in [0.3, 0.4) is 0 Å². The number of aryl methyl sites for hydroxylation is 1. The number of thiazole rings is 1. The predicted molar refractivity (Wildman–Crippen MR) is 130 cm³/mol. The molecule has 0 radical (unpaired) electrons. The van der Waals surface area contributed by atoms with Gasteiger partial charge in [-0.3, -0.25) is 9.69 Å². The predicted octanol–water partition coefficient (Wildman–Crippen LogP) is 3.43. The highest BCUT2D eigenvalue weighted by Crippen LogP contribution is 2.30. The molecule has 0 atom stereocenters. The van der Waals surface area contributed by atoms with Gasteiger partial charge in [-0.2, -0.15) is 0 Å². The van der Waals surface area contributed by atoms with Gasteiger partial charge >= 0.3 is 0 Å². The van der Waals surface area contributed by atoms with Gasteiger partial charge in [0, 0.05) is 50.9 Å². The second kappa shape index (κ2) is 10.2. The van der Waals surface area contributed by atoms with Crippen LogP contribution in [0.1, 0.15) is 22.8 Å². The van der Waals surface area contributed by atoms with Gasteiger partial charge < -0.3 is 19.7 Å². The number of amides is 1. The summed E-state index contributed by atoms with van der Waals surface area (Å²) < 4.78 is 11.8. The van der Waals surface area contributed by atoms with E-state index in [0.29, 0.717) is 23.6 Å². The summed E-state index contributed by atoms with van der Waals surface area (Å²) in [5.74, 6) is 1.08. The maximum Gasteiger partial charge on any atom is 0.251 e. The van der Waals surface area contributed by atoms with Crippen molar-refractivity contribution >= 4 is 32.6 Å². The molecule has 1 aliphatic heterocycles. The van der Waals surface area contributed by atoms with E-state index in [9.17, 15) is 4.79 Å². The summed E-state index contributed by atoms with van der Waals surface area (Å²) >= 11 is 1.78. The fourth-order valence-electron chi connectivity index (χ4n) is 3.84. The van der Waals surface area contributed by atoms with Gasteiger partial charge in [0.05, 0.1) is 24.4 Å². The number of benzene rings is 2. The van der Waals surface area contributed by atoms with Crippen LogP contribution in [-0.4, -0.2) is 69.3 Å². The zero-order valence-electron chi connectivity index (χ0n) is 18.9. The van der Waals surface area contributed by atoms with E-state index in [2.05, 4.69) is 40.2 Å². The molecule has 8 heteroatoms. The first-order valence-corrected chi connectivity index (χ1v) is 11.8. The molecule has 3 aromatic rings. The third kappa shape index (κ3) is 5.14. The molecule has 4 rings (SSSR count). The summed E-state index contributed by atoms with van der Waals surface area (Å²) in [5, 5.41) is 4.11. The molecule has 0 aliphatic carbocycles. The number of nitrogens with zero attached hydrogens (tertiary/aromatic N) is 3. The molecule has 1 fully saturated rings. The van der Waals surface area contributed by atoms with E-state index in [0.717, 1.165) is 49.8 Å². The van der Waals surface area contributed by atoms with Gasteiger partial charge in [0.25, 0.3) is 5.91 Å². The average molecular weight is 455 g/mol. The number of hydrogen-bond acceptors (Lipinski definition) is 7. The molecule has 1 N–H and O–H groups in total. The van der Waals surface area contributed by atoms with Crippen LogP contribution in [0.5, 0.6) is 11.5 Å². The molecule has 1 aliphatic rings. The van der Waals surface area contributed by atoms with E-state index >= 15 is 0 Å². The van der Waals surface area contributed by atoms with Crippen LogP contribution >= 0.6 is 11.3 Å². The quantitative estimate of drug-likeness (QED) is 0.563. The first-order chi connectivity index (χ1) is 15.6. The van der Waals surface area contributed by atoms with Gasteiger partial charge in [-0.05, 0) is 36.2 Å². The molecule has 0 unspecified atom stereocenters. The highest BCUT2D eigenvalue weighted by Gasteiger charge is 2.20. The molecular weight excluding hydrogens is 424 g/mol. The number of piperazine rings is 1. The summed E-state index contributed by atoms with van der Waals surface area (Å²) in [7, 11) is 3.15. The minimum Gasteiger partial charge on any atom is -0.497 e. The largest absolute Gasteiger partial charge is 0.497 e. The van der Waals surface area contributed by atoms with Crippen molar-refractivity contribution in [3.63, 3.8) is 0 Å². The van der Waals surface area contributed by atoms with Crippen LogP contribution in [0.4, 0.5) is 5.13 Å². The molecule has 1 saturated heterocycles. The van der Waals surface area contributed by atoms with Crippen LogP contribution in [0, 0.1) is 0 Å². The smallest absolute Gasteiger partial charge is 0.251 e. The number of anilines is 1. The molecule has 1 amide bonds. The van der Waals surface area contributed by atoms with Crippen molar-refractivity contribution in [3.8, 4) is 11.5 Å². The zero-order chi connectivity index (χ0) is 22.5. The maximum atomic E-state index is 12.5. The molecule has 2 heterocycles. The van der Waals surface area contributed by atoms with E-state index < -0.39 is 0 Å². The summed E-state index contributed by atoms with van der Waals surface area (Å²) in [5.41, 5.74) is 2.97. The fourth-order valence-corrected chi connectivity index (χ4v) is 4.92. The minimum absolute atomic E-state index is 0.123. The Hall–Kier alpha value is -2.84. The monoisotopic (exact) mass is 454 g/mol. The average Bonchev–Trinajstić information content (AvgIpc) is 3.27. The van der Waals surface area contributed by atoms with Crippen molar-refractivity contribution in [1.29, 1.82) is 0 Å². The summed E-state index contributed by atoms with van der Waals surface area (Å²) in [6.45, 7) is 7.40. The van der Waals surface area contributed by atoms with Crippen molar-refractivity contribution in [2.75, 3.05) is 58.4 Å². The number of carbonyl (C=O) groups excluding carboxylic acids is 1. The third-order valence-corrected chi connectivity index (χ3v) is 6.90. The Morgan fingerprint density at radius 3 is 2.44 bits per heavy atom. The van der Waals surface area contributed by atoms with E-state index in [1.54, 1.807) is 43.8 Å². The Bertz CT molecular complexity index is 1050. The molecular formula is C24H30N4O3S. The maximum absolute atomic E-state index is 12.5. The Kier molecular flexibility index (Phi) is 7.12.